The third kappa shape index (κ3) is 3.04. The van der Waals surface area contributed by atoms with Gasteiger partial charge in [0.25, 0.3) is 5.91 Å². The number of nitrogens with one attached hydrogen (secondary N) is 1. The third-order valence-electron chi connectivity index (χ3n) is 6.08. The minimum absolute atomic E-state index is 0.00238. The maximum atomic E-state index is 12.9. The number of ether oxygens (including phenoxy) is 1. The molecule has 27 heavy (non-hydrogen) atoms. The van der Waals surface area contributed by atoms with E-state index in [4.69, 9.17) is 4.74 Å². The maximum Gasteiger partial charge on any atom is 0.270 e. The van der Waals surface area contributed by atoms with E-state index in [9.17, 15) is 14.7 Å². The Morgan fingerprint density at radius 1 is 1.30 bits per heavy atom. The number of methoxy groups -OCH3 is 1. The van der Waals surface area contributed by atoms with Gasteiger partial charge >= 0.3 is 0 Å². The number of hydrogen-bond donors (Lipinski definition) is 2. The molecule has 142 valence electrons. The van der Waals surface area contributed by atoms with Crippen molar-refractivity contribution in [2.45, 2.75) is 24.9 Å². The lowest BCUT2D eigenvalue weighted by Gasteiger charge is -2.41. The zero-order valence-electron chi connectivity index (χ0n) is 15.4. The molecule has 1 aromatic carbocycles. The van der Waals surface area contributed by atoms with Crippen LogP contribution in [0, 0.1) is 11.8 Å². The molecule has 0 bridgehead atoms. The average Bonchev–Trinajstić information content (AvgIpc) is 3.14. The van der Waals surface area contributed by atoms with Crippen LogP contribution in [-0.2, 0) is 5.60 Å². The molecular formula is C21H24N2O4. The molecule has 1 saturated heterocycles. The number of carbonyl (C=O) groups excluding carboxylic acids is 1. The number of aliphatic hydroxyl groups is 1. The number of likely N-dealkylation sites (tertiary alicyclic amines) is 1. The first kappa shape index (κ1) is 17.8. The molecule has 0 spiro atoms. The summed E-state index contributed by atoms with van der Waals surface area (Å²) in [6, 6.07) is 11.0. The highest BCUT2D eigenvalue weighted by Gasteiger charge is 2.50. The zero-order valence-corrected chi connectivity index (χ0v) is 15.4. The van der Waals surface area contributed by atoms with Crippen molar-refractivity contribution < 1.29 is 14.6 Å². The van der Waals surface area contributed by atoms with Crippen LogP contribution in [0.5, 0.6) is 5.75 Å². The number of benzene rings is 1. The van der Waals surface area contributed by atoms with Crippen molar-refractivity contribution >= 4 is 5.91 Å². The third-order valence-corrected chi connectivity index (χ3v) is 6.08. The fourth-order valence-corrected chi connectivity index (χ4v) is 4.69. The molecule has 6 heteroatoms. The molecule has 6 nitrogen and oxygen atoms in total. The van der Waals surface area contributed by atoms with Gasteiger partial charge in [0, 0.05) is 31.3 Å². The summed E-state index contributed by atoms with van der Waals surface area (Å²) in [7, 11) is 1.42. The van der Waals surface area contributed by atoms with Crippen LogP contribution in [0.2, 0.25) is 0 Å². The van der Waals surface area contributed by atoms with Gasteiger partial charge in [-0.3, -0.25) is 9.59 Å². The van der Waals surface area contributed by atoms with Crippen LogP contribution in [0.1, 0.15) is 35.3 Å². The number of amides is 1. The highest BCUT2D eigenvalue weighted by Crippen LogP contribution is 2.48. The first-order valence-electron chi connectivity index (χ1n) is 9.37. The first-order chi connectivity index (χ1) is 13.0. The molecule has 1 aromatic heterocycles. The first-order valence-corrected chi connectivity index (χ1v) is 9.37. The van der Waals surface area contributed by atoms with Crippen molar-refractivity contribution in [3.05, 3.63) is 64.1 Å². The lowest BCUT2D eigenvalue weighted by atomic mass is 9.67. The highest BCUT2D eigenvalue weighted by atomic mass is 16.5. The lowest BCUT2D eigenvalue weighted by molar-refractivity contribution is -0.0644. The summed E-state index contributed by atoms with van der Waals surface area (Å²) in [6.07, 6.45) is 4.06. The van der Waals surface area contributed by atoms with Gasteiger partial charge in [0.05, 0.1) is 12.7 Å². The van der Waals surface area contributed by atoms with Gasteiger partial charge in [0.1, 0.15) is 5.69 Å². The molecule has 2 aliphatic rings. The van der Waals surface area contributed by atoms with Crippen LogP contribution in [0.15, 0.2) is 47.4 Å². The fraction of sp³-hybridized carbons (Fsp3) is 0.429. The Kier molecular flexibility index (Phi) is 4.52. The molecule has 2 heterocycles. The van der Waals surface area contributed by atoms with Gasteiger partial charge in [0.2, 0.25) is 5.43 Å². The number of hydrogen-bond acceptors (Lipinski definition) is 4. The van der Waals surface area contributed by atoms with Gasteiger partial charge in [-0.2, -0.15) is 0 Å². The standard InChI is InChI=1S/C21H24N2O4/c1-27-19-11-22-17(10-18(19)24)20(25)23-12-14-6-5-9-21(26,16(14)13-23)15-7-3-2-4-8-15/h2-4,7-8,10-11,14,16,26H,5-6,9,12-13H2,1H3,(H,22,24)/t14-,16+,21+/m1/s1. The van der Waals surface area contributed by atoms with Gasteiger partial charge in [0.15, 0.2) is 5.75 Å². The van der Waals surface area contributed by atoms with E-state index in [0.29, 0.717) is 19.5 Å². The largest absolute Gasteiger partial charge is 0.491 e. The lowest BCUT2D eigenvalue weighted by Crippen LogP contribution is -2.43. The van der Waals surface area contributed by atoms with Gasteiger partial charge in [-0.25, -0.2) is 0 Å². The SMILES string of the molecule is COc1c[nH]c(C(=O)N2C[C@H]3CCC[C@](O)(c4ccccc4)[C@H]3C2)cc1=O. The minimum atomic E-state index is -0.910. The zero-order chi connectivity index (χ0) is 19.0. The Bertz CT molecular complexity index is 895. The Morgan fingerprint density at radius 2 is 2.07 bits per heavy atom. The molecule has 0 radical (unpaired) electrons. The summed E-state index contributed by atoms with van der Waals surface area (Å²) in [6.45, 7) is 1.09. The van der Waals surface area contributed by atoms with Crippen molar-refractivity contribution in [2.75, 3.05) is 20.2 Å². The van der Waals surface area contributed by atoms with Crippen LogP contribution in [0.4, 0.5) is 0 Å². The highest BCUT2D eigenvalue weighted by molar-refractivity contribution is 5.92. The molecule has 0 unspecified atom stereocenters. The molecule has 4 rings (SSSR count). The molecule has 3 atom stereocenters. The normalized spacial score (nSPS) is 27.3. The number of rotatable bonds is 3. The van der Waals surface area contributed by atoms with Crippen molar-refractivity contribution in [2.24, 2.45) is 11.8 Å². The van der Waals surface area contributed by atoms with E-state index in [0.717, 1.165) is 18.4 Å². The summed E-state index contributed by atoms with van der Waals surface area (Å²) >= 11 is 0. The van der Waals surface area contributed by atoms with Gasteiger partial charge < -0.3 is 19.7 Å². The van der Waals surface area contributed by atoms with E-state index in [1.165, 1.54) is 19.4 Å². The van der Waals surface area contributed by atoms with Gasteiger partial charge in [-0.15, -0.1) is 0 Å². The summed E-state index contributed by atoms with van der Waals surface area (Å²) in [5, 5.41) is 11.5. The van der Waals surface area contributed by atoms with Crippen molar-refractivity contribution in [1.82, 2.24) is 9.88 Å². The second kappa shape index (κ2) is 6.85. The molecule has 2 fully saturated rings. The molecule has 2 N–H and O–H groups in total. The van der Waals surface area contributed by atoms with Crippen LogP contribution in [0.3, 0.4) is 0 Å². The fourth-order valence-electron chi connectivity index (χ4n) is 4.69. The summed E-state index contributed by atoms with van der Waals surface area (Å²) in [4.78, 5) is 29.5. The molecule has 1 amide bonds. The van der Waals surface area contributed by atoms with Crippen molar-refractivity contribution in [3.63, 3.8) is 0 Å². The Hall–Kier alpha value is -2.60. The van der Waals surface area contributed by atoms with Crippen molar-refractivity contribution in [1.29, 1.82) is 0 Å². The topological polar surface area (TPSA) is 82.6 Å². The van der Waals surface area contributed by atoms with E-state index in [2.05, 4.69) is 4.98 Å². The number of H-pyrrole nitrogens is 1. The molecule has 1 aliphatic carbocycles. The average molecular weight is 368 g/mol. The van der Waals surface area contributed by atoms with Crippen LogP contribution < -0.4 is 10.2 Å². The summed E-state index contributed by atoms with van der Waals surface area (Å²) in [5.74, 6) is 0.236. The van der Waals surface area contributed by atoms with Gasteiger partial charge in [-0.05, 0) is 30.7 Å². The number of fused-ring (bicyclic) bond motifs is 1. The second-order valence-corrected chi connectivity index (χ2v) is 7.54. The Labute approximate surface area is 157 Å². The predicted molar refractivity (Wildman–Crippen MR) is 101 cm³/mol. The number of nitrogens with zero attached hydrogens (tertiary/aromatic N) is 1. The Morgan fingerprint density at radius 3 is 2.78 bits per heavy atom. The molecule has 1 saturated carbocycles. The molecular weight excluding hydrogens is 344 g/mol. The molecule has 1 aliphatic heterocycles. The van der Waals surface area contributed by atoms with E-state index < -0.39 is 5.60 Å². The van der Waals surface area contributed by atoms with E-state index in [-0.39, 0.29) is 34.6 Å². The smallest absolute Gasteiger partial charge is 0.270 e. The van der Waals surface area contributed by atoms with Gasteiger partial charge in [-0.1, -0.05) is 30.3 Å². The summed E-state index contributed by atoms with van der Waals surface area (Å²) in [5.41, 5.74) is -0.0569. The van der Waals surface area contributed by atoms with Crippen molar-refractivity contribution in [3.8, 4) is 5.75 Å². The molecule has 2 aromatic rings. The van der Waals surface area contributed by atoms with E-state index >= 15 is 0 Å². The number of carbonyl (C=O) groups is 1. The van der Waals surface area contributed by atoms with Crippen LogP contribution in [0.25, 0.3) is 0 Å². The Balaban J connectivity index is 1.59. The van der Waals surface area contributed by atoms with Crippen LogP contribution in [-0.4, -0.2) is 41.1 Å². The maximum absolute atomic E-state index is 12.9. The predicted octanol–water partition coefficient (Wildman–Crippen LogP) is 2.14. The van der Waals surface area contributed by atoms with Crippen LogP contribution >= 0.6 is 0 Å². The number of pyridine rings is 1. The van der Waals surface area contributed by atoms with E-state index in [1.807, 2.05) is 30.3 Å². The van der Waals surface area contributed by atoms with E-state index in [1.54, 1.807) is 4.90 Å². The summed E-state index contributed by atoms with van der Waals surface area (Å²) < 4.78 is 4.96. The number of aromatic amines is 1. The minimum Gasteiger partial charge on any atom is -0.491 e. The second-order valence-electron chi connectivity index (χ2n) is 7.54. The quantitative estimate of drug-likeness (QED) is 0.870. The number of aromatic nitrogens is 1. The monoisotopic (exact) mass is 368 g/mol.